The molecule has 0 unspecified atom stereocenters. The zero-order valence-electron chi connectivity index (χ0n) is 11.9. The molecular weight excluding hydrogens is 260 g/mol. The van der Waals surface area contributed by atoms with Crippen LogP contribution in [0.1, 0.15) is 24.0 Å². The molecule has 21 heavy (non-hydrogen) atoms. The molecule has 1 amide bonds. The van der Waals surface area contributed by atoms with E-state index in [-0.39, 0.29) is 5.91 Å². The number of hydrogen-bond donors (Lipinski definition) is 0. The zero-order valence-corrected chi connectivity index (χ0v) is 11.9. The van der Waals surface area contributed by atoms with Crippen LogP contribution in [0.15, 0.2) is 54.6 Å². The van der Waals surface area contributed by atoms with Gasteiger partial charge >= 0.3 is 0 Å². The summed E-state index contributed by atoms with van der Waals surface area (Å²) in [5.74, 6) is 0.00394. The first-order chi connectivity index (χ1) is 10.2. The van der Waals surface area contributed by atoms with Crippen molar-refractivity contribution in [2.24, 2.45) is 0 Å². The van der Waals surface area contributed by atoms with Gasteiger partial charge in [-0.15, -0.1) is 0 Å². The Morgan fingerprint density at radius 1 is 1.10 bits per heavy atom. The fourth-order valence-corrected chi connectivity index (χ4v) is 2.94. The fourth-order valence-electron chi connectivity index (χ4n) is 2.94. The topological polar surface area (TPSA) is 44.1 Å². The van der Waals surface area contributed by atoms with Crippen LogP contribution < -0.4 is 4.90 Å². The summed E-state index contributed by atoms with van der Waals surface area (Å²) in [6.07, 6.45) is 0.927. The number of nitrogens with zero attached hydrogens (tertiary/aromatic N) is 2. The Morgan fingerprint density at radius 2 is 1.76 bits per heavy atom. The van der Waals surface area contributed by atoms with E-state index in [4.69, 9.17) is 0 Å². The molecule has 0 aliphatic carbocycles. The number of hydrogen-bond acceptors (Lipinski definition) is 2. The fraction of sp³-hybridized carbons (Fsp3) is 0.222. The molecule has 1 aliphatic rings. The molecule has 1 heterocycles. The molecule has 2 aromatic rings. The maximum atomic E-state index is 12.4. The predicted molar refractivity (Wildman–Crippen MR) is 81.6 cm³/mol. The lowest BCUT2D eigenvalue weighted by Gasteiger charge is -2.33. The summed E-state index contributed by atoms with van der Waals surface area (Å²) < 4.78 is 0. The van der Waals surface area contributed by atoms with E-state index in [9.17, 15) is 10.1 Å². The van der Waals surface area contributed by atoms with Gasteiger partial charge in [0, 0.05) is 12.1 Å². The molecule has 0 N–H and O–H groups in total. The van der Waals surface area contributed by atoms with Gasteiger partial charge in [0.15, 0.2) is 5.54 Å². The number of nitriles is 1. The molecular formula is C18H16N2O. The second-order valence-electron chi connectivity index (χ2n) is 5.40. The van der Waals surface area contributed by atoms with E-state index in [2.05, 4.69) is 6.07 Å². The molecule has 3 nitrogen and oxygen atoms in total. The van der Waals surface area contributed by atoms with Gasteiger partial charge < -0.3 is 0 Å². The predicted octanol–water partition coefficient (Wildman–Crippen LogP) is 3.54. The maximum absolute atomic E-state index is 12.4. The van der Waals surface area contributed by atoms with Crippen molar-refractivity contribution in [2.45, 2.75) is 25.3 Å². The molecule has 1 saturated heterocycles. The van der Waals surface area contributed by atoms with E-state index >= 15 is 0 Å². The quantitative estimate of drug-likeness (QED) is 0.842. The van der Waals surface area contributed by atoms with Crippen LogP contribution in [0.25, 0.3) is 0 Å². The van der Waals surface area contributed by atoms with Crippen molar-refractivity contribution in [3.63, 3.8) is 0 Å². The highest BCUT2D eigenvalue weighted by molar-refractivity contribution is 5.98. The van der Waals surface area contributed by atoms with E-state index in [1.54, 1.807) is 4.90 Å². The number of carbonyl (C=O) groups is 1. The number of anilines is 1. The standard InChI is InChI=1S/C18H16N2O/c1-14-7-9-16(10-8-14)20-17(21)11-12-18(20,13-19)15-5-3-2-4-6-15/h2-10H,11-12H2,1H3/t18-/m1/s1. The molecule has 1 atom stereocenters. The maximum Gasteiger partial charge on any atom is 0.228 e. The van der Waals surface area contributed by atoms with Crippen LogP contribution in [-0.2, 0) is 10.3 Å². The molecule has 0 aromatic heterocycles. The lowest BCUT2D eigenvalue weighted by molar-refractivity contribution is -0.117. The SMILES string of the molecule is Cc1ccc(N2C(=O)CC[C@@]2(C#N)c2ccccc2)cc1. The summed E-state index contributed by atoms with van der Waals surface area (Å²) in [4.78, 5) is 14.0. The van der Waals surface area contributed by atoms with Crippen LogP contribution in [0.4, 0.5) is 5.69 Å². The number of amides is 1. The Morgan fingerprint density at radius 3 is 2.38 bits per heavy atom. The molecule has 0 radical (unpaired) electrons. The Hall–Kier alpha value is -2.60. The first-order valence-corrected chi connectivity index (χ1v) is 7.04. The zero-order chi connectivity index (χ0) is 14.9. The van der Waals surface area contributed by atoms with E-state index in [1.807, 2.05) is 61.5 Å². The van der Waals surface area contributed by atoms with Crippen LogP contribution in [-0.4, -0.2) is 5.91 Å². The van der Waals surface area contributed by atoms with Crippen molar-refractivity contribution < 1.29 is 4.79 Å². The Balaban J connectivity index is 2.14. The molecule has 0 bridgehead atoms. The molecule has 3 heteroatoms. The van der Waals surface area contributed by atoms with Crippen molar-refractivity contribution in [3.8, 4) is 6.07 Å². The van der Waals surface area contributed by atoms with Crippen LogP contribution in [0.2, 0.25) is 0 Å². The average molecular weight is 276 g/mol. The van der Waals surface area contributed by atoms with Crippen molar-refractivity contribution in [3.05, 3.63) is 65.7 Å². The van der Waals surface area contributed by atoms with Gasteiger partial charge in [-0.2, -0.15) is 5.26 Å². The summed E-state index contributed by atoms with van der Waals surface area (Å²) >= 11 is 0. The molecule has 0 saturated carbocycles. The van der Waals surface area contributed by atoms with Gasteiger partial charge in [0.2, 0.25) is 5.91 Å². The van der Waals surface area contributed by atoms with Crippen LogP contribution in [0.5, 0.6) is 0 Å². The summed E-state index contributed by atoms with van der Waals surface area (Å²) in [5.41, 5.74) is 1.90. The summed E-state index contributed by atoms with van der Waals surface area (Å²) in [7, 11) is 0. The highest BCUT2D eigenvalue weighted by Crippen LogP contribution is 2.42. The van der Waals surface area contributed by atoms with E-state index in [0.717, 1.165) is 16.8 Å². The largest absolute Gasteiger partial charge is 0.289 e. The van der Waals surface area contributed by atoms with E-state index in [1.165, 1.54) is 0 Å². The minimum atomic E-state index is -0.895. The Kier molecular flexibility index (Phi) is 3.23. The minimum Gasteiger partial charge on any atom is -0.289 e. The monoisotopic (exact) mass is 276 g/mol. The van der Waals surface area contributed by atoms with Crippen LogP contribution in [0, 0.1) is 18.3 Å². The number of rotatable bonds is 2. The Labute approximate surface area is 124 Å². The van der Waals surface area contributed by atoms with E-state index < -0.39 is 5.54 Å². The van der Waals surface area contributed by atoms with Gasteiger partial charge in [0.25, 0.3) is 0 Å². The third kappa shape index (κ3) is 2.09. The van der Waals surface area contributed by atoms with Gasteiger partial charge in [-0.25, -0.2) is 0 Å². The molecule has 2 aromatic carbocycles. The first kappa shape index (κ1) is 13.4. The number of aryl methyl sites for hydroxylation is 1. The Bertz CT molecular complexity index is 700. The second-order valence-corrected chi connectivity index (χ2v) is 5.40. The van der Waals surface area contributed by atoms with Crippen molar-refractivity contribution >= 4 is 11.6 Å². The van der Waals surface area contributed by atoms with Gasteiger partial charge in [0.05, 0.1) is 6.07 Å². The normalized spacial score (nSPS) is 21.3. The van der Waals surface area contributed by atoms with Gasteiger partial charge in [-0.1, -0.05) is 48.0 Å². The van der Waals surface area contributed by atoms with Crippen LogP contribution >= 0.6 is 0 Å². The lowest BCUT2D eigenvalue weighted by atomic mass is 9.88. The summed E-state index contributed by atoms with van der Waals surface area (Å²) in [5, 5.41) is 9.83. The minimum absolute atomic E-state index is 0.00394. The molecule has 1 aliphatic heterocycles. The first-order valence-electron chi connectivity index (χ1n) is 7.04. The molecule has 1 fully saturated rings. The molecule has 3 rings (SSSR count). The van der Waals surface area contributed by atoms with Gasteiger partial charge in [-0.3, -0.25) is 9.69 Å². The van der Waals surface area contributed by atoms with Gasteiger partial charge in [0.1, 0.15) is 0 Å². The van der Waals surface area contributed by atoms with Crippen molar-refractivity contribution in [1.29, 1.82) is 5.26 Å². The summed E-state index contributed by atoms with van der Waals surface area (Å²) in [6, 6.07) is 19.7. The van der Waals surface area contributed by atoms with Crippen LogP contribution in [0.3, 0.4) is 0 Å². The molecule has 0 spiro atoms. The van der Waals surface area contributed by atoms with Crippen molar-refractivity contribution in [1.82, 2.24) is 0 Å². The highest BCUT2D eigenvalue weighted by atomic mass is 16.2. The summed E-state index contributed by atoms with van der Waals surface area (Å²) in [6.45, 7) is 2.00. The molecule has 104 valence electrons. The third-order valence-corrected chi connectivity index (χ3v) is 4.06. The smallest absolute Gasteiger partial charge is 0.228 e. The average Bonchev–Trinajstić information content (AvgIpc) is 2.87. The highest BCUT2D eigenvalue weighted by Gasteiger charge is 2.47. The van der Waals surface area contributed by atoms with Gasteiger partial charge in [-0.05, 0) is 31.0 Å². The van der Waals surface area contributed by atoms with E-state index in [0.29, 0.717) is 12.8 Å². The third-order valence-electron chi connectivity index (χ3n) is 4.06. The van der Waals surface area contributed by atoms with Crippen molar-refractivity contribution in [2.75, 3.05) is 4.90 Å². The number of benzene rings is 2. The second kappa shape index (κ2) is 5.06. The number of carbonyl (C=O) groups excluding carboxylic acids is 1. The lowest BCUT2D eigenvalue weighted by Crippen LogP contribution is -2.42.